The highest BCUT2D eigenvalue weighted by Gasteiger charge is 2.28. The molecule has 1 aromatic heterocycles. The number of fused-ring (bicyclic) bond motifs is 2. The van der Waals surface area contributed by atoms with Crippen LogP contribution >= 0.6 is 0 Å². The molecule has 5 rings (SSSR count). The molecule has 0 atom stereocenters. The van der Waals surface area contributed by atoms with Crippen molar-refractivity contribution in [3.8, 4) is 5.75 Å². The van der Waals surface area contributed by atoms with Crippen LogP contribution in [0.5, 0.6) is 5.75 Å². The van der Waals surface area contributed by atoms with Crippen molar-refractivity contribution < 1.29 is 18.7 Å². The second kappa shape index (κ2) is 6.67. The van der Waals surface area contributed by atoms with Gasteiger partial charge >= 0.3 is 0 Å². The predicted molar refractivity (Wildman–Crippen MR) is 102 cm³/mol. The van der Waals surface area contributed by atoms with Gasteiger partial charge in [0.05, 0.1) is 5.69 Å². The second-order valence-corrected chi connectivity index (χ2v) is 7.13. The Morgan fingerprint density at radius 3 is 2.79 bits per heavy atom. The van der Waals surface area contributed by atoms with E-state index in [0.29, 0.717) is 30.1 Å². The maximum atomic E-state index is 12.9. The fourth-order valence-corrected chi connectivity index (χ4v) is 3.78. The van der Waals surface area contributed by atoms with E-state index < -0.39 is 0 Å². The standard InChI is InChI=1S/C21H19N3O4/c25-19-12-27-18-11-14(5-6-16(18)22-19)21(26)24-9-7-13(8-10-24)20-23-15-3-1-2-4-17(15)28-20/h1-6,11,13H,7-10,12H2,(H,22,25). The summed E-state index contributed by atoms with van der Waals surface area (Å²) in [5.74, 6) is 1.30. The Morgan fingerprint density at radius 2 is 1.96 bits per heavy atom. The molecule has 1 saturated heterocycles. The zero-order valence-electron chi connectivity index (χ0n) is 15.2. The van der Waals surface area contributed by atoms with Crippen LogP contribution in [-0.2, 0) is 4.79 Å². The maximum absolute atomic E-state index is 12.9. The third kappa shape index (κ3) is 2.98. The summed E-state index contributed by atoms with van der Waals surface area (Å²) in [5.41, 5.74) is 2.84. The Hall–Kier alpha value is -3.35. The van der Waals surface area contributed by atoms with E-state index >= 15 is 0 Å². The van der Waals surface area contributed by atoms with Crippen LogP contribution in [0.1, 0.15) is 35.0 Å². The highest BCUT2D eigenvalue weighted by molar-refractivity contribution is 5.99. The van der Waals surface area contributed by atoms with E-state index in [2.05, 4.69) is 10.3 Å². The highest BCUT2D eigenvalue weighted by Crippen LogP contribution is 2.32. The number of ether oxygens (including phenoxy) is 1. The predicted octanol–water partition coefficient (Wildman–Crippen LogP) is 3.18. The molecule has 2 aliphatic rings. The number of hydrogen-bond acceptors (Lipinski definition) is 5. The number of nitrogens with one attached hydrogen (secondary N) is 1. The van der Waals surface area contributed by atoms with Gasteiger partial charge < -0.3 is 19.4 Å². The molecular weight excluding hydrogens is 358 g/mol. The molecule has 28 heavy (non-hydrogen) atoms. The van der Waals surface area contributed by atoms with Crippen molar-refractivity contribution in [1.82, 2.24) is 9.88 Å². The molecule has 0 bridgehead atoms. The van der Waals surface area contributed by atoms with E-state index in [0.717, 1.165) is 29.8 Å². The number of benzene rings is 2. The number of carbonyl (C=O) groups excluding carboxylic acids is 2. The van der Waals surface area contributed by atoms with Gasteiger partial charge in [-0.2, -0.15) is 0 Å². The van der Waals surface area contributed by atoms with Gasteiger partial charge in [-0.15, -0.1) is 0 Å². The van der Waals surface area contributed by atoms with Gasteiger partial charge in [0.1, 0.15) is 11.3 Å². The Labute approximate surface area is 161 Å². The second-order valence-electron chi connectivity index (χ2n) is 7.13. The van der Waals surface area contributed by atoms with Gasteiger partial charge in [0.15, 0.2) is 18.1 Å². The number of hydrogen-bond donors (Lipinski definition) is 1. The summed E-state index contributed by atoms with van der Waals surface area (Å²) in [6.45, 7) is 1.27. The first kappa shape index (κ1) is 16.8. The van der Waals surface area contributed by atoms with Crippen molar-refractivity contribution in [1.29, 1.82) is 0 Å². The zero-order valence-corrected chi connectivity index (χ0v) is 15.2. The Bertz CT molecular complexity index is 1030. The molecule has 0 unspecified atom stereocenters. The first-order chi connectivity index (χ1) is 13.7. The molecule has 7 heteroatoms. The van der Waals surface area contributed by atoms with Crippen molar-refractivity contribution in [2.75, 3.05) is 25.0 Å². The van der Waals surface area contributed by atoms with Crippen molar-refractivity contribution in [2.45, 2.75) is 18.8 Å². The lowest BCUT2D eigenvalue weighted by atomic mass is 9.96. The molecule has 3 heterocycles. The third-order valence-corrected chi connectivity index (χ3v) is 5.30. The quantitative estimate of drug-likeness (QED) is 0.741. The fourth-order valence-electron chi connectivity index (χ4n) is 3.78. The fraction of sp³-hybridized carbons (Fsp3) is 0.286. The lowest BCUT2D eigenvalue weighted by molar-refractivity contribution is -0.118. The number of para-hydroxylation sites is 2. The molecule has 7 nitrogen and oxygen atoms in total. The van der Waals surface area contributed by atoms with Gasteiger partial charge in [0, 0.05) is 24.6 Å². The number of amides is 2. The van der Waals surface area contributed by atoms with E-state index in [4.69, 9.17) is 9.15 Å². The van der Waals surface area contributed by atoms with E-state index in [1.807, 2.05) is 29.2 Å². The van der Waals surface area contributed by atoms with Gasteiger partial charge in [-0.3, -0.25) is 9.59 Å². The van der Waals surface area contributed by atoms with Crippen LogP contribution in [0.4, 0.5) is 5.69 Å². The molecule has 3 aromatic rings. The van der Waals surface area contributed by atoms with Crippen molar-refractivity contribution in [3.05, 3.63) is 53.9 Å². The average Bonchev–Trinajstić information content (AvgIpc) is 3.17. The van der Waals surface area contributed by atoms with Crippen LogP contribution in [0.3, 0.4) is 0 Å². The van der Waals surface area contributed by atoms with Gasteiger partial charge in [-0.25, -0.2) is 4.98 Å². The Kier molecular flexibility index (Phi) is 4.00. The summed E-state index contributed by atoms with van der Waals surface area (Å²) < 4.78 is 11.3. The molecule has 142 valence electrons. The van der Waals surface area contributed by atoms with E-state index in [1.165, 1.54) is 0 Å². The molecule has 1 N–H and O–H groups in total. The summed E-state index contributed by atoms with van der Waals surface area (Å²) >= 11 is 0. The number of rotatable bonds is 2. The van der Waals surface area contributed by atoms with Crippen molar-refractivity contribution in [2.24, 2.45) is 0 Å². The lowest BCUT2D eigenvalue weighted by Gasteiger charge is -2.31. The van der Waals surface area contributed by atoms with Gasteiger partial charge in [-0.05, 0) is 43.2 Å². The summed E-state index contributed by atoms with van der Waals surface area (Å²) in [6.07, 6.45) is 1.63. The molecule has 0 aliphatic carbocycles. The number of nitrogens with zero attached hydrogens (tertiary/aromatic N) is 2. The van der Waals surface area contributed by atoms with Crippen molar-refractivity contribution in [3.63, 3.8) is 0 Å². The van der Waals surface area contributed by atoms with Crippen LogP contribution < -0.4 is 10.1 Å². The SMILES string of the molecule is O=C1COc2cc(C(=O)N3CCC(c4nc5ccccc5o4)CC3)ccc2N1. The minimum atomic E-state index is -0.187. The number of carbonyl (C=O) groups is 2. The average molecular weight is 377 g/mol. The van der Waals surface area contributed by atoms with Crippen LogP contribution in [0.2, 0.25) is 0 Å². The minimum Gasteiger partial charge on any atom is -0.482 e. The monoisotopic (exact) mass is 377 g/mol. The first-order valence-corrected chi connectivity index (χ1v) is 9.39. The highest BCUT2D eigenvalue weighted by atomic mass is 16.5. The zero-order chi connectivity index (χ0) is 19.1. The number of anilines is 1. The van der Waals surface area contributed by atoms with Crippen LogP contribution in [0.15, 0.2) is 46.9 Å². The van der Waals surface area contributed by atoms with Crippen LogP contribution in [-0.4, -0.2) is 41.4 Å². The maximum Gasteiger partial charge on any atom is 0.262 e. The lowest BCUT2D eigenvalue weighted by Crippen LogP contribution is -2.38. The van der Waals surface area contributed by atoms with Gasteiger partial charge in [0.25, 0.3) is 11.8 Å². The van der Waals surface area contributed by atoms with E-state index in [9.17, 15) is 9.59 Å². The van der Waals surface area contributed by atoms with E-state index in [1.54, 1.807) is 18.2 Å². The summed E-state index contributed by atoms with van der Waals surface area (Å²) in [5, 5.41) is 2.73. The molecule has 2 aliphatic heterocycles. The van der Waals surface area contributed by atoms with E-state index in [-0.39, 0.29) is 24.3 Å². The number of piperidine rings is 1. The molecule has 1 fully saturated rings. The van der Waals surface area contributed by atoms with Crippen LogP contribution in [0, 0.1) is 0 Å². The molecule has 0 spiro atoms. The third-order valence-electron chi connectivity index (χ3n) is 5.30. The number of likely N-dealkylation sites (tertiary alicyclic amines) is 1. The van der Waals surface area contributed by atoms with Crippen LogP contribution in [0.25, 0.3) is 11.1 Å². The molecule has 0 saturated carbocycles. The first-order valence-electron chi connectivity index (χ1n) is 9.39. The number of aromatic nitrogens is 1. The Balaban J connectivity index is 1.27. The summed E-state index contributed by atoms with van der Waals surface area (Å²) in [4.78, 5) is 30.7. The molecule has 2 aromatic carbocycles. The largest absolute Gasteiger partial charge is 0.482 e. The Morgan fingerprint density at radius 1 is 1.14 bits per heavy atom. The number of oxazole rings is 1. The van der Waals surface area contributed by atoms with Gasteiger partial charge in [0.2, 0.25) is 0 Å². The smallest absolute Gasteiger partial charge is 0.262 e. The topological polar surface area (TPSA) is 84.7 Å². The molecule has 0 radical (unpaired) electrons. The molecular formula is C21H19N3O4. The minimum absolute atomic E-state index is 0.0272. The normalized spacial score (nSPS) is 17.1. The summed E-state index contributed by atoms with van der Waals surface area (Å²) in [7, 11) is 0. The summed E-state index contributed by atoms with van der Waals surface area (Å²) in [6, 6.07) is 12.9. The molecule has 2 amide bonds. The van der Waals surface area contributed by atoms with Gasteiger partial charge in [-0.1, -0.05) is 12.1 Å². The van der Waals surface area contributed by atoms with Crippen molar-refractivity contribution >= 4 is 28.6 Å².